The van der Waals surface area contributed by atoms with E-state index in [2.05, 4.69) is 20.9 Å². The summed E-state index contributed by atoms with van der Waals surface area (Å²) in [4.78, 5) is 65.7. The van der Waals surface area contributed by atoms with Gasteiger partial charge in [0.25, 0.3) is 0 Å². The first-order chi connectivity index (χ1) is 18.4. The van der Waals surface area contributed by atoms with Gasteiger partial charge in [0, 0.05) is 23.5 Å². The van der Waals surface area contributed by atoms with Crippen molar-refractivity contribution in [1.29, 1.82) is 0 Å². The van der Waals surface area contributed by atoms with E-state index in [0.717, 1.165) is 10.9 Å². The molecule has 0 saturated heterocycles. The molecule has 1 aromatic heterocycles. The molecule has 8 N–H and O–H groups in total. The fraction of sp³-hybridized carbons (Fsp3) is 0.519. The number of carboxylic acid groups (broad SMARTS) is 2. The number of H-pyrrole nitrogens is 1. The van der Waals surface area contributed by atoms with Gasteiger partial charge in [0.2, 0.25) is 17.7 Å². The summed E-state index contributed by atoms with van der Waals surface area (Å²) in [6, 6.07) is 2.39. The molecule has 0 aliphatic carbocycles. The quantitative estimate of drug-likeness (QED) is 0.172. The number of hydrogen-bond donors (Lipinski definition) is 7. The normalized spacial score (nSPS) is 15.8. The van der Waals surface area contributed by atoms with E-state index in [4.69, 9.17) is 5.73 Å². The molecule has 12 nitrogen and oxygen atoms in total. The van der Waals surface area contributed by atoms with Gasteiger partial charge in [0.15, 0.2) is 0 Å². The van der Waals surface area contributed by atoms with Crippen molar-refractivity contribution in [3.05, 3.63) is 36.0 Å². The second kappa shape index (κ2) is 14.3. The van der Waals surface area contributed by atoms with Crippen molar-refractivity contribution in [3.8, 4) is 0 Å². The van der Waals surface area contributed by atoms with Gasteiger partial charge in [-0.1, -0.05) is 58.7 Å². The lowest BCUT2D eigenvalue weighted by Crippen LogP contribution is -2.59. The highest BCUT2D eigenvalue weighted by atomic mass is 16.4. The minimum atomic E-state index is -1.51. The zero-order valence-electron chi connectivity index (χ0n) is 22.7. The second-order valence-electron chi connectivity index (χ2n) is 9.91. The molecule has 0 aliphatic rings. The zero-order chi connectivity index (χ0) is 29.3. The van der Waals surface area contributed by atoms with Crippen molar-refractivity contribution in [2.75, 3.05) is 0 Å². The standard InChI is InChI=1S/C27H39N5O7/c1-5-14(3)22(28)26(37)31-20(12-21(33)34)24(35)30-19(25(36)32-23(27(38)39)15(4)6-2)11-16-13-29-18-10-8-7-9-17(16)18/h7-10,13-15,19-20,22-23,29H,5-6,11-12,28H2,1-4H3,(H,30,35)(H,31,37)(H,32,36)(H,33,34)(H,38,39). The first-order valence-electron chi connectivity index (χ1n) is 13.1. The number of rotatable bonds is 15. The van der Waals surface area contributed by atoms with Gasteiger partial charge in [0.1, 0.15) is 18.1 Å². The number of nitrogens with two attached hydrogens (primary N) is 1. The Hall–Kier alpha value is -3.93. The van der Waals surface area contributed by atoms with Crippen LogP contribution in [0.15, 0.2) is 30.5 Å². The molecule has 1 aromatic carbocycles. The van der Waals surface area contributed by atoms with Crippen molar-refractivity contribution < 1.29 is 34.2 Å². The van der Waals surface area contributed by atoms with Crippen LogP contribution < -0.4 is 21.7 Å². The van der Waals surface area contributed by atoms with E-state index in [-0.39, 0.29) is 12.3 Å². The molecule has 2 aromatic rings. The Morgan fingerprint density at radius 3 is 2.05 bits per heavy atom. The molecule has 0 spiro atoms. The Kier molecular flexibility index (Phi) is 11.5. The van der Waals surface area contributed by atoms with Crippen molar-refractivity contribution in [2.45, 2.75) is 77.5 Å². The fourth-order valence-corrected chi connectivity index (χ4v) is 4.10. The van der Waals surface area contributed by atoms with Gasteiger partial charge in [-0.05, 0) is 23.5 Å². The van der Waals surface area contributed by atoms with Gasteiger partial charge >= 0.3 is 11.9 Å². The van der Waals surface area contributed by atoms with Crippen molar-refractivity contribution in [2.24, 2.45) is 17.6 Å². The molecule has 0 saturated carbocycles. The molecule has 0 radical (unpaired) electrons. The number of nitrogens with one attached hydrogen (secondary N) is 4. The summed E-state index contributed by atoms with van der Waals surface area (Å²) >= 11 is 0. The lowest BCUT2D eigenvalue weighted by atomic mass is 9.97. The Morgan fingerprint density at radius 2 is 1.46 bits per heavy atom. The number of carbonyl (C=O) groups is 5. The van der Waals surface area contributed by atoms with Crippen LogP contribution in [-0.4, -0.2) is 69.0 Å². The van der Waals surface area contributed by atoms with Crippen LogP contribution in [-0.2, 0) is 30.4 Å². The van der Waals surface area contributed by atoms with E-state index in [9.17, 15) is 34.2 Å². The molecular formula is C27H39N5O7. The number of fused-ring (bicyclic) bond motifs is 1. The van der Waals surface area contributed by atoms with Crippen LogP contribution in [0.3, 0.4) is 0 Å². The maximum absolute atomic E-state index is 13.4. The van der Waals surface area contributed by atoms with Crippen LogP contribution in [0.2, 0.25) is 0 Å². The fourth-order valence-electron chi connectivity index (χ4n) is 4.10. The molecule has 6 atom stereocenters. The Labute approximate surface area is 227 Å². The van der Waals surface area contributed by atoms with E-state index in [1.807, 2.05) is 31.2 Å². The lowest BCUT2D eigenvalue weighted by Gasteiger charge is -2.26. The number of carboxylic acids is 2. The van der Waals surface area contributed by atoms with Crippen LogP contribution in [0.25, 0.3) is 10.9 Å². The molecule has 214 valence electrons. The van der Waals surface area contributed by atoms with Crippen LogP contribution in [0.4, 0.5) is 0 Å². The van der Waals surface area contributed by atoms with Crippen LogP contribution in [0, 0.1) is 11.8 Å². The highest BCUT2D eigenvalue weighted by Crippen LogP contribution is 2.20. The van der Waals surface area contributed by atoms with Gasteiger partial charge in [0.05, 0.1) is 12.5 Å². The number of benzene rings is 1. The number of amides is 3. The highest BCUT2D eigenvalue weighted by molar-refractivity contribution is 5.96. The van der Waals surface area contributed by atoms with Gasteiger partial charge in [-0.25, -0.2) is 4.79 Å². The summed E-state index contributed by atoms with van der Waals surface area (Å²) in [6.07, 6.45) is 2.01. The number of aromatic nitrogens is 1. The van der Waals surface area contributed by atoms with Gasteiger partial charge < -0.3 is 36.9 Å². The summed E-state index contributed by atoms with van der Waals surface area (Å²) in [5.41, 5.74) is 7.44. The average Bonchev–Trinajstić information content (AvgIpc) is 3.31. The Balaban J connectivity index is 2.36. The zero-order valence-corrected chi connectivity index (χ0v) is 22.7. The first kappa shape index (κ1) is 31.3. The third kappa shape index (κ3) is 8.54. The summed E-state index contributed by atoms with van der Waals surface area (Å²) in [7, 11) is 0. The molecule has 3 amide bonds. The summed E-state index contributed by atoms with van der Waals surface area (Å²) in [6.45, 7) is 7.08. The molecule has 0 fully saturated rings. The Bertz CT molecular complexity index is 1180. The molecular weight excluding hydrogens is 506 g/mol. The van der Waals surface area contributed by atoms with E-state index in [1.165, 1.54) is 0 Å². The third-order valence-electron chi connectivity index (χ3n) is 7.08. The van der Waals surface area contributed by atoms with Crippen LogP contribution in [0.1, 0.15) is 52.5 Å². The van der Waals surface area contributed by atoms with Crippen molar-refractivity contribution in [1.82, 2.24) is 20.9 Å². The maximum atomic E-state index is 13.4. The SMILES string of the molecule is CCC(C)C(N)C(=O)NC(CC(=O)O)C(=O)NC(Cc1c[nH]c2ccccc12)C(=O)NC(C(=O)O)C(C)CC. The molecule has 0 bridgehead atoms. The average molecular weight is 546 g/mol. The van der Waals surface area contributed by atoms with E-state index in [1.54, 1.807) is 27.0 Å². The smallest absolute Gasteiger partial charge is 0.326 e. The minimum absolute atomic E-state index is 0.0193. The molecule has 6 unspecified atom stereocenters. The lowest BCUT2D eigenvalue weighted by molar-refractivity contribution is -0.144. The van der Waals surface area contributed by atoms with Gasteiger partial charge in [-0.15, -0.1) is 0 Å². The van der Waals surface area contributed by atoms with Gasteiger partial charge in [-0.2, -0.15) is 0 Å². The van der Waals surface area contributed by atoms with Crippen LogP contribution >= 0.6 is 0 Å². The highest BCUT2D eigenvalue weighted by Gasteiger charge is 2.33. The first-order valence-corrected chi connectivity index (χ1v) is 13.1. The molecule has 2 rings (SSSR count). The molecule has 39 heavy (non-hydrogen) atoms. The molecule has 12 heteroatoms. The van der Waals surface area contributed by atoms with Crippen molar-refractivity contribution in [3.63, 3.8) is 0 Å². The maximum Gasteiger partial charge on any atom is 0.326 e. The van der Waals surface area contributed by atoms with Crippen molar-refractivity contribution >= 4 is 40.6 Å². The van der Waals surface area contributed by atoms with Gasteiger partial charge in [-0.3, -0.25) is 19.2 Å². The van der Waals surface area contributed by atoms with E-state index in [0.29, 0.717) is 18.4 Å². The monoisotopic (exact) mass is 545 g/mol. The largest absolute Gasteiger partial charge is 0.481 e. The number of aliphatic carboxylic acids is 2. The van der Waals surface area contributed by atoms with E-state index >= 15 is 0 Å². The summed E-state index contributed by atoms with van der Waals surface area (Å²) < 4.78 is 0. The minimum Gasteiger partial charge on any atom is -0.481 e. The predicted octanol–water partition coefficient (Wildman–Crippen LogP) is 1.14. The van der Waals surface area contributed by atoms with Crippen LogP contribution in [0.5, 0.6) is 0 Å². The summed E-state index contributed by atoms with van der Waals surface area (Å²) in [5, 5.41) is 27.3. The molecule has 0 aliphatic heterocycles. The number of para-hydroxylation sites is 1. The number of aromatic amines is 1. The Morgan fingerprint density at radius 1 is 0.872 bits per heavy atom. The van der Waals surface area contributed by atoms with E-state index < -0.39 is 66.2 Å². The topological polar surface area (TPSA) is 204 Å². The second-order valence-corrected chi connectivity index (χ2v) is 9.91. The number of carbonyl (C=O) groups excluding carboxylic acids is 3. The number of hydrogen-bond acceptors (Lipinski definition) is 6. The molecule has 1 heterocycles. The summed E-state index contributed by atoms with van der Waals surface area (Å²) in [5.74, 6) is -5.51. The predicted molar refractivity (Wildman–Crippen MR) is 145 cm³/mol. The third-order valence-corrected chi connectivity index (χ3v) is 7.08.